The number of benzene rings is 1. The number of carbonyl (C=O) groups excluding carboxylic acids is 1. The van der Waals surface area contributed by atoms with Crippen molar-refractivity contribution in [3.05, 3.63) is 121 Å². The standard InChI is InChI=1S/C16H12N3O.C14H18N.Ru/c1-11-2-4-14-13(8-11)15(6-7-17-14)19-16-5-3-12(10-20)9-18-16;1-4-8-13(9-5-2)15-14-11-7-6-10-12(14)3;/h2-9H,1H3,(H,17,18,19);4-5,7-12,14-15H,1H2,2-3H3;/q2*-1;+2/b;9-5-,13-8+;/t;12?,14-;/m.0./s1. The van der Waals surface area contributed by atoms with E-state index in [1.54, 1.807) is 30.7 Å². The minimum absolute atomic E-state index is 0. The third-order valence-electron chi connectivity index (χ3n) is 5.34. The molecule has 0 saturated carbocycles. The second-order valence-electron chi connectivity index (χ2n) is 8.12. The maximum absolute atomic E-state index is 10.5. The van der Waals surface area contributed by atoms with Crippen molar-refractivity contribution < 1.29 is 24.3 Å². The van der Waals surface area contributed by atoms with Crippen molar-refractivity contribution >= 4 is 28.7 Å². The molecule has 0 aliphatic heterocycles. The fourth-order valence-electron chi connectivity index (χ4n) is 3.51. The van der Waals surface area contributed by atoms with Gasteiger partial charge in [0.1, 0.15) is 5.82 Å². The Bertz CT molecular complexity index is 1280. The Balaban J connectivity index is 0.000000258. The molecule has 1 aromatic carbocycles. The molecule has 184 valence electrons. The molecule has 1 unspecified atom stereocenters. The first-order valence-corrected chi connectivity index (χ1v) is 11.5. The molecule has 5 nitrogen and oxygen atoms in total. The van der Waals surface area contributed by atoms with E-state index in [0.717, 1.165) is 22.3 Å². The largest absolute Gasteiger partial charge is 2.00 e. The molecule has 2 aromatic heterocycles. The number of anilines is 2. The van der Waals surface area contributed by atoms with Gasteiger partial charge >= 0.3 is 19.5 Å². The number of aromatic nitrogens is 2. The Kier molecular flexibility index (Phi) is 11.7. The predicted octanol–water partition coefficient (Wildman–Crippen LogP) is 6.29. The maximum atomic E-state index is 10.5. The fraction of sp³-hybridized carbons (Fsp3) is 0.167. The average molecular weight is 564 g/mol. The minimum atomic E-state index is 0. The van der Waals surface area contributed by atoms with Crippen LogP contribution in [-0.4, -0.2) is 22.3 Å². The monoisotopic (exact) mass is 564 g/mol. The molecular weight excluding hydrogens is 533 g/mol. The number of hydrogen-bond donors (Lipinski definition) is 2. The summed E-state index contributed by atoms with van der Waals surface area (Å²) < 4.78 is 0. The Hall–Kier alpha value is -3.63. The number of fused-ring (bicyclic) bond motifs is 1. The second kappa shape index (κ2) is 14.7. The fourth-order valence-corrected chi connectivity index (χ4v) is 3.51. The summed E-state index contributed by atoms with van der Waals surface area (Å²) in [7, 11) is 0. The van der Waals surface area contributed by atoms with Gasteiger partial charge in [-0.3, -0.25) is 11.1 Å². The summed E-state index contributed by atoms with van der Waals surface area (Å²) in [4.78, 5) is 19.0. The van der Waals surface area contributed by atoms with Crippen molar-refractivity contribution in [2.75, 3.05) is 5.32 Å². The van der Waals surface area contributed by atoms with Crippen LogP contribution in [0.4, 0.5) is 11.5 Å². The van der Waals surface area contributed by atoms with Gasteiger partial charge in [-0.15, -0.1) is 5.56 Å². The number of aryl methyl sites for hydroxylation is 1. The molecule has 0 bridgehead atoms. The first kappa shape index (κ1) is 28.6. The Morgan fingerprint density at radius 2 is 2.03 bits per heavy atom. The summed E-state index contributed by atoms with van der Waals surface area (Å²) in [6.07, 6.45) is 22.1. The predicted molar refractivity (Wildman–Crippen MR) is 145 cm³/mol. The summed E-state index contributed by atoms with van der Waals surface area (Å²) in [5.74, 6) is 1.14. The summed E-state index contributed by atoms with van der Waals surface area (Å²) in [5, 5.41) is 7.74. The van der Waals surface area contributed by atoms with Gasteiger partial charge < -0.3 is 20.4 Å². The molecule has 4 rings (SSSR count). The van der Waals surface area contributed by atoms with Crippen LogP contribution in [0.5, 0.6) is 0 Å². The number of nitrogens with zero attached hydrogens (tertiary/aromatic N) is 2. The van der Waals surface area contributed by atoms with E-state index in [1.165, 1.54) is 11.8 Å². The van der Waals surface area contributed by atoms with Crippen LogP contribution in [0.25, 0.3) is 10.9 Å². The summed E-state index contributed by atoms with van der Waals surface area (Å²) >= 11 is 0. The molecule has 0 saturated heterocycles. The zero-order valence-electron chi connectivity index (χ0n) is 20.7. The van der Waals surface area contributed by atoms with Crippen LogP contribution in [-0.2, 0) is 24.3 Å². The van der Waals surface area contributed by atoms with E-state index >= 15 is 0 Å². The molecule has 2 N–H and O–H groups in total. The summed E-state index contributed by atoms with van der Waals surface area (Å²) in [6, 6.07) is 11.8. The van der Waals surface area contributed by atoms with E-state index in [0.29, 0.717) is 23.3 Å². The van der Waals surface area contributed by atoms with E-state index in [4.69, 9.17) is 0 Å². The van der Waals surface area contributed by atoms with Crippen LogP contribution >= 0.6 is 0 Å². The summed E-state index contributed by atoms with van der Waals surface area (Å²) in [6.45, 7) is 9.93. The van der Waals surface area contributed by atoms with Crippen molar-refractivity contribution in [2.24, 2.45) is 5.92 Å². The van der Waals surface area contributed by atoms with Gasteiger partial charge in [0.15, 0.2) is 0 Å². The Morgan fingerprint density at radius 3 is 2.69 bits per heavy atom. The van der Waals surface area contributed by atoms with Crippen LogP contribution in [0.15, 0.2) is 104 Å². The molecule has 1 aliphatic carbocycles. The van der Waals surface area contributed by atoms with Crippen molar-refractivity contribution in [3.8, 4) is 0 Å². The minimum Gasteiger partial charge on any atom is -0.394 e. The molecule has 2 heterocycles. The van der Waals surface area contributed by atoms with Crippen molar-refractivity contribution in [1.82, 2.24) is 15.3 Å². The number of pyridine rings is 2. The van der Waals surface area contributed by atoms with Gasteiger partial charge in [0.05, 0.1) is 17.5 Å². The second-order valence-corrected chi connectivity index (χ2v) is 8.12. The molecule has 2 atom stereocenters. The van der Waals surface area contributed by atoms with E-state index < -0.39 is 0 Å². The van der Waals surface area contributed by atoms with Crippen molar-refractivity contribution in [1.29, 1.82) is 0 Å². The zero-order valence-corrected chi connectivity index (χ0v) is 22.4. The first-order valence-electron chi connectivity index (χ1n) is 11.5. The Labute approximate surface area is 226 Å². The van der Waals surface area contributed by atoms with E-state index in [2.05, 4.69) is 58.4 Å². The maximum Gasteiger partial charge on any atom is 2.00 e. The molecule has 0 radical (unpaired) electrons. The first-order chi connectivity index (χ1) is 17.0. The van der Waals surface area contributed by atoms with Crippen LogP contribution in [0.3, 0.4) is 0 Å². The molecule has 6 heteroatoms. The van der Waals surface area contributed by atoms with Crippen LogP contribution < -0.4 is 10.6 Å². The van der Waals surface area contributed by atoms with E-state index in [9.17, 15) is 4.79 Å². The molecule has 36 heavy (non-hydrogen) atoms. The normalized spacial score (nSPS) is 16.6. The number of rotatable bonds is 7. The van der Waals surface area contributed by atoms with E-state index in [-0.39, 0.29) is 19.5 Å². The SMILES string of the molecule is C=C/C=C(\C=C/C)N[C@H]1C=C[C-]=CC1C.Cc1ccc2nccc(Nc3ccc([C-]=O)cn3)c2c1.[Ru+2]. The molecule has 0 fully saturated rings. The third kappa shape index (κ3) is 8.25. The molecule has 0 amide bonds. The van der Waals surface area contributed by atoms with Gasteiger partial charge in [-0.1, -0.05) is 49.5 Å². The zero-order chi connectivity index (χ0) is 25.0. The van der Waals surface area contributed by atoms with Gasteiger partial charge in [-0.25, -0.2) is 12.2 Å². The van der Waals surface area contributed by atoms with E-state index in [1.807, 2.05) is 56.4 Å². The number of allylic oxidation sites excluding steroid dienone is 6. The number of hydrogen-bond acceptors (Lipinski definition) is 5. The third-order valence-corrected chi connectivity index (χ3v) is 5.34. The molecule has 0 spiro atoms. The smallest absolute Gasteiger partial charge is 0.394 e. The summed E-state index contributed by atoms with van der Waals surface area (Å²) in [5.41, 5.74) is 4.56. The van der Waals surface area contributed by atoms with Crippen molar-refractivity contribution in [3.63, 3.8) is 0 Å². The van der Waals surface area contributed by atoms with Crippen LogP contribution in [0.1, 0.15) is 25.0 Å². The van der Waals surface area contributed by atoms with Gasteiger partial charge in [0.25, 0.3) is 0 Å². The quantitative estimate of drug-likeness (QED) is 0.201. The van der Waals surface area contributed by atoms with Crippen LogP contribution in [0.2, 0.25) is 0 Å². The van der Waals surface area contributed by atoms with Gasteiger partial charge in [-0.05, 0) is 56.2 Å². The number of nitrogens with one attached hydrogen (secondary N) is 2. The Morgan fingerprint density at radius 1 is 1.19 bits per heavy atom. The van der Waals surface area contributed by atoms with Gasteiger partial charge in [0.2, 0.25) is 0 Å². The average Bonchev–Trinajstić information content (AvgIpc) is 2.87. The molecule has 3 aromatic rings. The molecule has 1 aliphatic rings. The van der Waals surface area contributed by atoms with Crippen molar-refractivity contribution in [2.45, 2.75) is 26.8 Å². The van der Waals surface area contributed by atoms with Gasteiger partial charge in [-0.2, -0.15) is 12.1 Å². The topological polar surface area (TPSA) is 66.9 Å². The van der Waals surface area contributed by atoms with Gasteiger partial charge in [0, 0.05) is 17.3 Å². The molecular formula is C30H30N4ORu. The van der Waals surface area contributed by atoms with Crippen LogP contribution in [0, 0.1) is 18.9 Å².